The Hall–Kier alpha value is -1.43. The molecule has 2 atom stereocenters. The molecule has 0 spiro atoms. The summed E-state index contributed by atoms with van der Waals surface area (Å²) in [5.74, 6) is 0.193. The minimum atomic E-state index is -0.967. The predicted octanol–water partition coefficient (Wildman–Crippen LogP) is 1.66. The Bertz CT molecular complexity index is 463. The van der Waals surface area contributed by atoms with E-state index in [0.29, 0.717) is 17.3 Å². The molecule has 0 saturated heterocycles. The van der Waals surface area contributed by atoms with Gasteiger partial charge >= 0.3 is 5.97 Å². The van der Waals surface area contributed by atoms with Crippen LogP contribution >= 0.6 is 0 Å². The van der Waals surface area contributed by atoms with Gasteiger partial charge in [-0.1, -0.05) is 0 Å². The molecule has 6 heteroatoms. The van der Waals surface area contributed by atoms with Gasteiger partial charge < -0.3 is 10.4 Å². The number of aromatic nitrogens is 1. The molecule has 2 unspecified atom stereocenters. The van der Waals surface area contributed by atoms with Crippen LogP contribution in [0.15, 0.2) is 12.1 Å². The Kier molecular flexibility index (Phi) is 5.27. The SMILES string of the molecule is Cc1cc(C(=O)O)cc(NC(C)CCS(C)=O)n1. The van der Waals surface area contributed by atoms with Gasteiger partial charge in [0.2, 0.25) is 0 Å². The second-order valence-corrected chi connectivity index (χ2v) is 5.85. The molecule has 0 aliphatic rings. The van der Waals surface area contributed by atoms with E-state index in [2.05, 4.69) is 10.3 Å². The molecule has 0 fully saturated rings. The highest BCUT2D eigenvalue weighted by molar-refractivity contribution is 7.84. The highest BCUT2D eigenvalue weighted by Crippen LogP contribution is 2.12. The van der Waals surface area contributed by atoms with E-state index in [1.807, 2.05) is 6.92 Å². The van der Waals surface area contributed by atoms with Gasteiger partial charge in [0, 0.05) is 34.5 Å². The van der Waals surface area contributed by atoms with Crippen LogP contribution in [0, 0.1) is 6.92 Å². The first-order valence-corrected chi connectivity index (χ1v) is 7.39. The predicted molar refractivity (Wildman–Crippen MR) is 72.6 cm³/mol. The highest BCUT2D eigenvalue weighted by Gasteiger charge is 2.09. The third-order valence-corrected chi connectivity index (χ3v) is 3.24. The van der Waals surface area contributed by atoms with Crippen LogP contribution in [0.4, 0.5) is 5.82 Å². The van der Waals surface area contributed by atoms with Crippen LogP contribution in [0.25, 0.3) is 0 Å². The van der Waals surface area contributed by atoms with Crippen molar-refractivity contribution in [1.82, 2.24) is 4.98 Å². The number of aromatic carboxylic acids is 1. The fourth-order valence-electron chi connectivity index (χ4n) is 1.53. The van der Waals surface area contributed by atoms with Crippen LogP contribution in [0.3, 0.4) is 0 Å². The smallest absolute Gasteiger partial charge is 0.335 e. The lowest BCUT2D eigenvalue weighted by Gasteiger charge is -2.14. The zero-order valence-electron chi connectivity index (χ0n) is 10.8. The van der Waals surface area contributed by atoms with Crippen molar-refractivity contribution in [1.29, 1.82) is 0 Å². The third kappa shape index (κ3) is 4.83. The molecule has 1 heterocycles. The molecule has 18 heavy (non-hydrogen) atoms. The normalized spacial score (nSPS) is 13.9. The fourth-order valence-corrected chi connectivity index (χ4v) is 2.22. The topological polar surface area (TPSA) is 79.3 Å². The molecule has 1 rings (SSSR count). The molecule has 0 saturated carbocycles. The first kappa shape index (κ1) is 14.6. The third-order valence-electron chi connectivity index (χ3n) is 2.43. The van der Waals surface area contributed by atoms with Crippen molar-refractivity contribution in [3.05, 3.63) is 23.4 Å². The van der Waals surface area contributed by atoms with Crippen molar-refractivity contribution in [2.24, 2.45) is 0 Å². The molecule has 0 aromatic carbocycles. The number of aryl methyl sites for hydroxylation is 1. The lowest BCUT2D eigenvalue weighted by molar-refractivity contribution is 0.0696. The number of anilines is 1. The fraction of sp³-hybridized carbons (Fsp3) is 0.500. The maximum Gasteiger partial charge on any atom is 0.335 e. The van der Waals surface area contributed by atoms with E-state index in [1.165, 1.54) is 12.1 Å². The summed E-state index contributed by atoms with van der Waals surface area (Å²) in [5, 5.41) is 12.1. The molecule has 1 aromatic heterocycles. The van der Waals surface area contributed by atoms with Gasteiger partial charge in [-0.3, -0.25) is 4.21 Å². The number of carbonyl (C=O) groups is 1. The number of rotatable bonds is 6. The second kappa shape index (κ2) is 6.49. The summed E-state index contributed by atoms with van der Waals surface area (Å²) in [6.45, 7) is 3.71. The van der Waals surface area contributed by atoms with E-state index in [-0.39, 0.29) is 11.6 Å². The van der Waals surface area contributed by atoms with E-state index in [0.717, 1.165) is 6.42 Å². The maximum atomic E-state index is 11.0. The highest BCUT2D eigenvalue weighted by atomic mass is 32.2. The lowest BCUT2D eigenvalue weighted by atomic mass is 10.2. The van der Waals surface area contributed by atoms with Crippen LogP contribution in [0.5, 0.6) is 0 Å². The van der Waals surface area contributed by atoms with Gasteiger partial charge in [0.05, 0.1) is 5.56 Å². The van der Waals surface area contributed by atoms with Crippen LogP contribution < -0.4 is 5.32 Å². The number of pyridine rings is 1. The summed E-state index contributed by atoms with van der Waals surface area (Å²) < 4.78 is 11.0. The van der Waals surface area contributed by atoms with Gasteiger partial charge in [0.1, 0.15) is 5.82 Å². The van der Waals surface area contributed by atoms with Gasteiger partial charge in [0.15, 0.2) is 0 Å². The average Bonchev–Trinajstić information content (AvgIpc) is 2.25. The molecule has 0 amide bonds. The van der Waals surface area contributed by atoms with Gasteiger partial charge in [-0.25, -0.2) is 9.78 Å². The van der Waals surface area contributed by atoms with Crippen LogP contribution in [0.2, 0.25) is 0 Å². The standard InChI is InChI=1S/C12H18N2O3S/c1-8(4-5-18(3)17)13-11-7-10(12(15)16)6-9(2)14-11/h6-8H,4-5H2,1-3H3,(H,13,14)(H,15,16). The number of nitrogens with one attached hydrogen (secondary N) is 1. The van der Waals surface area contributed by atoms with E-state index < -0.39 is 16.8 Å². The Morgan fingerprint density at radius 2 is 2.22 bits per heavy atom. The Morgan fingerprint density at radius 3 is 2.78 bits per heavy atom. The monoisotopic (exact) mass is 270 g/mol. The van der Waals surface area contributed by atoms with Gasteiger partial charge in [-0.05, 0) is 32.4 Å². The van der Waals surface area contributed by atoms with Crippen molar-refractivity contribution in [2.45, 2.75) is 26.3 Å². The van der Waals surface area contributed by atoms with Crippen LogP contribution in [-0.4, -0.2) is 38.3 Å². The number of carboxylic acids is 1. The van der Waals surface area contributed by atoms with Gasteiger partial charge in [-0.15, -0.1) is 0 Å². The molecule has 5 nitrogen and oxygen atoms in total. The molecular formula is C12H18N2O3S. The second-order valence-electron chi connectivity index (χ2n) is 4.30. The molecule has 0 aliphatic carbocycles. The van der Waals surface area contributed by atoms with E-state index >= 15 is 0 Å². The number of carboxylic acid groups (broad SMARTS) is 1. The molecular weight excluding hydrogens is 252 g/mol. The molecule has 1 aromatic rings. The summed E-state index contributed by atoms with van der Waals surface area (Å²) in [6, 6.07) is 3.14. The van der Waals surface area contributed by atoms with E-state index in [4.69, 9.17) is 5.11 Å². The van der Waals surface area contributed by atoms with Crippen molar-refractivity contribution in [2.75, 3.05) is 17.3 Å². The summed E-state index contributed by atoms with van der Waals surface area (Å²) in [5.41, 5.74) is 0.875. The zero-order valence-corrected chi connectivity index (χ0v) is 11.6. The van der Waals surface area contributed by atoms with E-state index in [1.54, 1.807) is 13.2 Å². The van der Waals surface area contributed by atoms with Crippen LogP contribution in [0.1, 0.15) is 29.4 Å². The van der Waals surface area contributed by atoms with Crippen molar-refractivity contribution in [3.63, 3.8) is 0 Å². The largest absolute Gasteiger partial charge is 0.478 e. The van der Waals surface area contributed by atoms with E-state index in [9.17, 15) is 9.00 Å². The van der Waals surface area contributed by atoms with Crippen molar-refractivity contribution in [3.8, 4) is 0 Å². The van der Waals surface area contributed by atoms with Gasteiger partial charge in [0.25, 0.3) is 0 Å². The Morgan fingerprint density at radius 1 is 1.56 bits per heavy atom. The molecule has 0 bridgehead atoms. The maximum absolute atomic E-state index is 11.0. The lowest BCUT2D eigenvalue weighted by Crippen LogP contribution is -2.19. The summed E-state index contributed by atoms with van der Waals surface area (Å²) in [7, 11) is -0.815. The molecule has 0 radical (unpaired) electrons. The van der Waals surface area contributed by atoms with Gasteiger partial charge in [-0.2, -0.15) is 0 Å². The molecule has 100 valence electrons. The minimum Gasteiger partial charge on any atom is -0.478 e. The number of hydrogen-bond donors (Lipinski definition) is 2. The van der Waals surface area contributed by atoms with Crippen molar-refractivity contribution < 1.29 is 14.1 Å². The Labute approximate surface area is 109 Å². The Balaban J connectivity index is 2.72. The quantitative estimate of drug-likeness (QED) is 0.821. The number of nitrogens with zero attached hydrogens (tertiary/aromatic N) is 1. The average molecular weight is 270 g/mol. The zero-order chi connectivity index (χ0) is 13.7. The first-order chi connectivity index (χ1) is 8.38. The summed E-state index contributed by atoms with van der Waals surface area (Å²) in [6.07, 6.45) is 2.42. The van der Waals surface area contributed by atoms with Crippen molar-refractivity contribution >= 4 is 22.6 Å². The molecule has 2 N–H and O–H groups in total. The van der Waals surface area contributed by atoms with Crippen LogP contribution in [-0.2, 0) is 10.8 Å². The minimum absolute atomic E-state index is 0.102. The summed E-state index contributed by atoms with van der Waals surface area (Å²) in [4.78, 5) is 15.1. The number of hydrogen-bond acceptors (Lipinski definition) is 4. The summed E-state index contributed by atoms with van der Waals surface area (Å²) >= 11 is 0. The molecule has 0 aliphatic heterocycles. The first-order valence-electron chi connectivity index (χ1n) is 5.67.